The normalized spacial score (nSPS) is 11.9. The summed E-state index contributed by atoms with van der Waals surface area (Å²) in [5.74, 6) is 0.795. The van der Waals surface area contributed by atoms with Gasteiger partial charge in [-0.15, -0.1) is 21.5 Å². The molecule has 8 heteroatoms. The zero-order valence-corrected chi connectivity index (χ0v) is 14.9. The fraction of sp³-hybridized carbons (Fsp3) is 0.333. The lowest BCUT2D eigenvalue weighted by Gasteiger charge is -2.07. The fourth-order valence-corrected chi connectivity index (χ4v) is 4.43. The van der Waals surface area contributed by atoms with Gasteiger partial charge < -0.3 is 0 Å². The van der Waals surface area contributed by atoms with Gasteiger partial charge in [-0.1, -0.05) is 17.4 Å². The maximum Gasteiger partial charge on any atom is 0.235 e. The van der Waals surface area contributed by atoms with Crippen LogP contribution in [0, 0.1) is 13.8 Å². The maximum absolute atomic E-state index is 4.76. The van der Waals surface area contributed by atoms with Crippen LogP contribution in [0.4, 0.5) is 0 Å². The summed E-state index contributed by atoms with van der Waals surface area (Å²) in [7, 11) is 0. The molecule has 0 bridgehead atoms. The van der Waals surface area contributed by atoms with Crippen LogP contribution in [0.3, 0.4) is 0 Å². The van der Waals surface area contributed by atoms with Crippen molar-refractivity contribution < 1.29 is 0 Å². The number of nitrogens with zero attached hydrogens (tertiary/aromatic N) is 6. The Labute approximate surface area is 141 Å². The third-order valence-corrected chi connectivity index (χ3v) is 5.54. The van der Waals surface area contributed by atoms with Crippen LogP contribution in [-0.2, 0) is 0 Å². The van der Waals surface area contributed by atoms with Gasteiger partial charge in [-0.2, -0.15) is 14.7 Å². The third kappa shape index (κ3) is 2.21. The number of hydrogen-bond donors (Lipinski definition) is 0. The lowest BCUT2D eigenvalue weighted by molar-refractivity contribution is 0.516. The molecule has 0 spiro atoms. The molecule has 23 heavy (non-hydrogen) atoms. The van der Waals surface area contributed by atoms with E-state index < -0.39 is 0 Å². The van der Waals surface area contributed by atoms with Crippen LogP contribution in [0.2, 0.25) is 0 Å². The minimum Gasteiger partial charge on any atom is -0.266 e. The van der Waals surface area contributed by atoms with E-state index in [1.807, 2.05) is 33.6 Å². The Kier molecular flexibility index (Phi) is 3.31. The van der Waals surface area contributed by atoms with Gasteiger partial charge in [0, 0.05) is 11.7 Å². The van der Waals surface area contributed by atoms with Crippen molar-refractivity contribution >= 4 is 27.6 Å². The average Bonchev–Trinajstić information content (AvgIpc) is 3.21. The highest BCUT2D eigenvalue weighted by molar-refractivity contribution is 7.20. The second-order valence-corrected chi connectivity index (χ2v) is 7.59. The Morgan fingerprint density at radius 1 is 1.13 bits per heavy atom. The van der Waals surface area contributed by atoms with Crippen molar-refractivity contribution in [3.63, 3.8) is 0 Å². The van der Waals surface area contributed by atoms with Crippen molar-refractivity contribution in [1.82, 2.24) is 29.6 Å². The van der Waals surface area contributed by atoms with Crippen LogP contribution >= 0.6 is 22.7 Å². The van der Waals surface area contributed by atoms with Gasteiger partial charge in [-0.3, -0.25) is 4.68 Å². The van der Waals surface area contributed by atoms with Crippen LogP contribution in [0.1, 0.15) is 31.3 Å². The van der Waals surface area contributed by atoms with E-state index in [9.17, 15) is 0 Å². The highest BCUT2D eigenvalue weighted by Gasteiger charge is 2.21. The molecule has 0 aliphatic heterocycles. The average molecular weight is 344 g/mol. The Balaban J connectivity index is 1.88. The van der Waals surface area contributed by atoms with E-state index in [0.29, 0.717) is 6.04 Å². The van der Waals surface area contributed by atoms with Crippen molar-refractivity contribution in [3.05, 3.63) is 28.9 Å². The van der Waals surface area contributed by atoms with Gasteiger partial charge in [0.05, 0.1) is 16.1 Å². The summed E-state index contributed by atoms with van der Waals surface area (Å²) in [5, 5.41) is 20.9. The largest absolute Gasteiger partial charge is 0.266 e. The molecule has 0 saturated heterocycles. The molecule has 0 aliphatic carbocycles. The standard InChI is InChI=1S/C15H16N6S2/c1-8(2)20-10(4)12(9(3)18-20)14-19-21-13(11-6-5-7-22-11)16-17-15(21)23-14/h5-8H,1-4H3. The zero-order chi connectivity index (χ0) is 16.1. The molecular formula is C15H16N6S2. The Bertz CT molecular complexity index is 974. The molecule has 0 atom stereocenters. The van der Waals surface area contributed by atoms with E-state index in [2.05, 4.69) is 36.1 Å². The Morgan fingerprint density at radius 3 is 2.61 bits per heavy atom. The van der Waals surface area contributed by atoms with E-state index in [4.69, 9.17) is 5.10 Å². The van der Waals surface area contributed by atoms with E-state index in [1.54, 1.807) is 22.7 Å². The van der Waals surface area contributed by atoms with E-state index in [-0.39, 0.29) is 0 Å². The van der Waals surface area contributed by atoms with Gasteiger partial charge >= 0.3 is 0 Å². The molecule has 0 unspecified atom stereocenters. The van der Waals surface area contributed by atoms with Gasteiger partial charge in [0.1, 0.15) is 0 Å². The second kappa shape index (κ2) is 5.24. The highest BCUT2D eigenvalue weighted by Crippen LogP contribution is 2.33. The van der Waals surface area contributed by atoms with E-state index in [0.717, 1.165) is 37.6 Å². The van der Waals surface area contributed by atoms with Crippen molar-refractivity contribution in [1.29, 1.82) is 0 Å². The van der Waals surface area contributed by atoms with Gasteiger partial charge in [0.15, 0.2) is 10.8 Å². The molecule has 4 rings (SSSR count). The summed E-state index contributed by atoms with van der Waals surface area (Å²) in [6.07, 6.45) is 0. The minimum atomic E-state index is 0.329. The molecule has 0 N–H and O–H groups in total. The predicted molar refractivity (Wildman–Crippen MR) is 93.1 cm³/mol. The smallest absolute Gasteiger partial charge is 0.235 e. The number of hydrogen-bond acceptors (Lipinski definition) is 6. The van der Waals surface area contributed by atoms with Crippen molar-refractivity contribution in [3.8, 4) is 21.3 Å². The highest BCUT2D eigenvalue weighted by atomic mass is 32.1. The summed E-state index contributed by atoms with van der Waals surface area (Å²) in [6.45, 7) is 8.40. The monoisotopic (exact) mass is 344 g/mol. The van der Waals surface area contributed by atoms with Crippen LogP contribution < -0.4 is 0 Å². The predicted octanol–water partition coefficient (Wildman–Crippen LogP) is 3.98. The molecule has 0 amide bonds. The molecule has 4 heterocycles. The van der Waals surface area contributed by atoms with Crippen molar-refractivity contribution in [2.24, 2.45) is 0 Å². The number of thiophene rings is 1. The van der Waals surface area contributed by atoms with Gasteiger partial charge in [0.2, 0.25) is 4.96 Å². The quantitative estimate of drug-likeness (QED) is 0.564. The van der Waals surface area contributed by atoms with Gasteiger partial charge in [-0.25, -0.2) is 0 Å². The lowest BCUT2D eigenvalue weighted by Crippen LogP contribution is -2.04. The number of aryl methyl sites for hydroxylation is 1. The first-order chi connectivity index (χ1) is 11.1. The summed E-state index contributed by atoms with van der Waals surface area (Å²) >= 11 is 3.19. The zero-order valence-electron chi connectivity index (χ0n) is 13.3. The first-order valence-electron chi connectivity index (χ1n) is 7.38. The summed E-state index contributed by atoms with van der Waals surface area (Å²) in [6, 6.07) is 4.37. The summed E-state index contributed by atoms with van der Waals surface area (Å²) < 4.78 is 3.88. The topological polar surface area (TPSA) is 60.9 Å². The molecule has 118 valence electrons. The molecule has 0 aliphatic rings. The number of fused-ring (bicyclic) bond motifs is 1. The number of rotatable bonds is 3. The third-order valence-electron chi connectivity index (χ3n) is 3.76. The molecular weight excluding hydrogens is 328 g/mol. The number of aromatic nitrogens is 6. The molecule has 6 nitrogen and oxygen atoms in total. The second-order valence-electron chi connectivity index (χ2n) is 5.69. The SMILES string of the molecule is Cc1nn(C(C)C)c(C)c1-c1nn2c(-c3cccs3)nnc2s1. The van der Waals surface area contributed by atoms with Crippen LogP contribution in [0.25, 0.3) is 26.2 Å². The molecule has 4 aromatic rings. The minimum absolute atomic E-state index is 0.329. The van der Waals surface area contributed by atoms with Crippen LogP contribution in [-0.4, -0.2) is 29.6 Å². The summed E-state index contributed by atoms with van der Waals surface area (Å²) in [5.41, 5.74) is 3.24. The van der Waals surface area contributed by atoms with Gasteiger partial charge in [-0.05, 0) is 39.1 Å². The van der Waals surface area contributed by atoms with Crippen LogP contribution in [0.15, 0.2) is 17.5 Å². The molecule has 0 aromatic carbocycles. The molecule has 0 saturated carbocycles. The van der Waals surface area contributed by atoms with Crippen molar-refractivity contribution in [2.75, 3.05) is 0 Å². The van der Waals surface area contributed by atoms with E-state index in [1.165, 1.54) is 0 Å². The first-order valence-corrected chi connectivity index (χ1v) is 9.08. The molecule has 4 aromatic heterocycles. The first kappa shape index (κ1) is 14.5. The van der Waals surface area contributed by atoms with E-state index >= 15 is 0 Å². The van der Waals surface area contributed by atoms with Crippen LogP contribution in [0.5, 0.6) is 0 Å². The van der Waals surface area contributed by atoms with Gasteiger partial charge in [0.25, 0.3) is 0 Å². The molecule has 0 radical (unpaired) electrons. The maximum atomic E-state index is 4.76. The summed E-state index contributed by atoms with van der Waals surface area (Å²) in [4.78, 5) is 1.88. The lowest BCUT2D eigenvalue weighted by atomic mass is 10.2. The molecule has 0 fully saturated rings. The Morgan fingerprint density at radius 2 is 1.96 bits per heavy atom. The Hall–Kier alpha value is -2.06. The fourth-order valence-electron chi connectivity index (χ4n) is 2.75. The van der Waals surface area contributed by atoms with Crippen molar-refractivity contribution in [2.45, 2.75) is 33.7 Å².